The molecule has 0 radical (unpaired) electrons. The third-order valence-electron chi connectivity index (χ3n) is 2.52. The maximum atomic E-state index is 13.8. The van der Waals surface area contributed by atoms with Crippen molar-refractivity contribution in [2.75, 3.05) is 5.73 Å². The first-order chi connectivity index (χ1) is 8.90. The summed E-state index contributed by atoms with van der Waals surface area (Å²) in [6.07, 6.45) is 3.06. The van der Waals surface area contributed by atoms with Crippen molar-refractivity contribution in [2.24, 2.45) is 0 Å². The van der Waals surface area contributed by atoms with Crippen LogP contribution in [0.4, 0.5) is 10.1 Å². The maximum absolute atomic E-state index is 13.8. The molecule has 1 heterocycles. The zero-order chi connectivity index (χ0) is 14.0. The average Bonchev–Trinajstić information content (AvgIpc) is 2.84. The fourth-order valence-electron chi connectivity index (χ4n) is 1.60. The highest BCUT2D eigenvalue weighted by molar-refractivity contribution is 7.89. The third-order valence-corrected chi connectivity index (χ3v) is 3.92. The SMILES string of the molecule is Cc1cc(N)cc(S(=O)(=O)NCc2ncc[nH]2)c1F. The molecule has 0 aliphatic rings. The highest BCUT2D eigenvalue weighted by Crippen LogP contribution is 2.21. The number of nitrogens with two attached hydrogens (primary N) is 1. The number of nitrogen functional groups attached to an aromatic ring is 1. The van der Waals surface area contributed by atoms with E-state index in [0.717, 1.165) is 6.07 Å². The number of sulfonamides is 1. The Morgan fingerprint density at radius 2 is 2.21 bits per heavy atom. The molecule has 0 spiro atoms. The number of rotatable bonds is 4. The Morgan fingerprint density at radius 1 is 1.47 bits per heavy atom. The van der Waals surface area contributed by atoms with Gasteiger partial charge >= 0.3 is 0 Å². The van der Waals surface area contributed by atoms with Crippen LogP contribution in [0.1, 0.15) is 11.4 Å². The monoisotopic (exact) mass is 284 g/mol. The fraction of sp³-hybridized carbons (Fsp3) is 0.182. The molecule has 19 heavy (non-hydrogen) atoms. The molecule has 0 bridgehead atoms. The Hall–Kier alpha value is -1.93. The number of anilines is 1. The van der Waals surface area contributed by atoms with E-state index in [2.05, 4.69) is 14.7 Å². The smallest absolute Gasteiger partial charge is 0.243 e. The molecule has 2 aromatic rings. The molecule has 6 nitrogen and oxygen atoms in total. The summed E-state index contributed by atoms with van der Waals surface area (Å²) >= 11 is 0. The maximum Gasteiger partial charge on any atom is 0.243 e. The van der Waals surface area contributed by atoms with E-state index in [1.54, 1.807) is 6.20 Å². The van der Waals surface area contributed by atoms with Gasteiger partial charge in [-0.3, -0.25) is 0 Å². The lowest BCUT2D eigenvalue weighted by molar-refractivity contribution is 0.552. The number of nitrogens with one attached hydrogen (secondary N) is 2. The normalized spacial score (nSPS) is 11.7. The Balaban J connectivity index is 2.29. The Labute approximate surface area is 109 Å². The molecule has 0 saturated heterocycles. The summed E-state index contributed by atoms with van der Waals surface area (Å²) in [4.78, 5) is 6.15. The number of nitrogens with zero attached hydrogens (tertiary/aromatic N) is 1. The molecule has 1 aromatic carbocycles. The van der Waals surface area contributed by atoms with Gasteiger partial charge in [-0.1, -0.05) is 0 Å². The Kier molecular flexibility index (Phi) is 3.54. The van der Waals surface area contributed by atoms with Crippen LogP contribution in [0.25, 0.3) is 0 Å². The molecule has 0 fully saturated rings. The van der Waals surface area contributed by atoms with E-state index in [0.29, 0.717) is 5.82 Å². The molecular formula is C11H13FN4O2S. The molecule has 8 heteroatoms. The first-order valence-corrected chi connectivity index (χ1v) is 6.92. The lowest BCUT2D eigenvalue weighted by Crippen LogP contribution is -2.25. The van der Waals surface area contributed by atoms with Gasteiger partial charge in [0.1, 0.15) is 16.5 Å². The number of benzene rings is 1. The van der Waals surface area contributed by atoms with Gasteiger partial charge in [-0.25, -0.2) is 22.5 Å². The number of H-pyrrole nitrogens is 1. The number of aromatic amines is 1. The van der Waals surface area contributed by atoms with E-state index < -0.39 is 20.7 Å². The van der Waals surface area contributed by atoms with E-state index in [4.69, 9.17) is 5.73 Å². The average molecular weight is 284 g/mol. The van der Waals surface area contributed by atoms with E-state index in [1.165, 1.54) is 19.2 Å². The topological polar surface area (TPSA) is 101 Å². The van der Waals surface area contributed by atoms with Crippen molar-refractivity contribution in [3.63, 3.8) is 0 Å². The number of hydrogen-bond donors (Lipinski definition) is 3. The number of aromatic nitrogens is 2. The summed E-state index contributed by atoms with van der Waals surface area (Å²) < 4.78 is 40.1. The summed E-state index contributed by atoms with van der Waals surface area (Å²) in [6.45, 7) is 1.40. The van der Waals surface area contributed by atoms with Gasteiger partial charge in [0.15, 0.2) is 0 Å². The predicted molar refractivity (Wildman–Crippen MR) is 68.2 cm³/mol. The highest BCUT2D eigenvalue weighted by atomic mass is 32.2. The van der Waals surface area contributed by atoms with Gasteiger partial charge < -0.3 is 10.7 Å². The van der Waals surface area contributed by atoms with Crippen LogP contribution >= 0.6 is 0 Å². The first kappa shape index (κ1) is 13.5. The predicted octanol–water partition coefficient (Wildman–Crippen LogP) is 0.918. The van der Waals surface area contributed by atoms with Gasteiger partial charge in [0.05, 0.1) is 6.54 Å². The first-order valence-electron chi connectivity index (χ1n) is 5.43. The van der Waals surface area contributed by atoms with Crippen LogP contribution in [0.3, 0.4) is 0 Å². The minimum Gasteiger partial charge on any atom is -0.399 e. The minimum absolute atomic E-state index is 0.0530. The van der Waals surface area contributed by atoms with Crippen molar-refractivity contribution in [2.45, 2.75) is 18.4 Å². The van der Waals surface area contributed by atoms with Gasteiger partial charge in [0.25, 0.3) is 0 Å². The van der Waals surface area contributed by atoms with Crippen LogP contribution in [0.5, 0.6) is 0 Å². The second kappa shape index (κ2) is 4.98. The molecule has 0 amide bonds. The van der Waals surface area contributed by atoms with Crippen LogP contribution in [0.15, 0.2) is 29.4 Å². The summed E-state index contributed by atoms with van der Waals surface area (Å²) in [5.41, 5.74) is 5.91. The van der Waals surface area contributed by atoms with Crippen molar-refractivity contribution in [1.82, 2.24) is 14.7 Å². The second-order valence-corrected chi connectivity index (χ2v) is 5.75. The zero-order valence-corrected chi connectivity index (χ0v) is 11.0. The van der Waals surface area contributed by atoms with Crippen LogP contribution in [-0.2, 0) is 16.6 Å². The van der Waals surface area contributed by atoms with E-state index in [-0.39, 0.29) is 17.8 Å². The second-order valence-electron chi connectivity index (χ2n) is 4.01. The molecule has 4 N–H and O–H groups in total. The number of aryl methyl sites for hydroxylation is 1. The van der Waals surface area contributed by atoms with Gasteiger partial charge in [0, 0.05) is 18.1 Å². The van der Waals surface area contributed by atoms with Gasteiger partial charge in [-0.15, -0.1) is 0 Å². The van der Waals surface area contributed by atoms with Gasteiger partial charge in [0.2, 0.25) is 10.0 Å². The molecule has 102 valence electrons. The van der Waals surface area contributed by atoms with Crippen molar-refractivity contribution in [3.8, 4) is 0 Å². The lowest BCUT2D eigenvalue weighted by atomic mass is 10.2. The summed E-state index contributed by atoms with van der Waals surface area (Å²) in [7, 11) is -3.98. The van der Waals surface area contributed by atoms with E-state index >= 15 is 0 Å². The third kappa shape index (κ3) is 2.91. The van der Waals surface area contributed by atoms with Crippen molar-refractivity contribution < 1.29 is 12.8 Å². The van der Waals surface area contributed by atoms with E-state index in [1.807, 2.05) is 0 Å². The molecule has 0 aliphatic carbocycles. The molecule has 0 unspecified atom stereocenters. The standard InChI is InChI=1S/C11H13FN4O2S/c1-7-4-8(13)5-9(11(7)12)19(17,18)16-6-10-14-2-3-15-10/h2-5,16H,6,13H2,1H3,(H,14,15). The van der Waals surface area contributed by atoms with Crippen molar-refractivity contribution in [1.29, 1.82) is 0 Å². The number of hydrogen-bond acceptors (Lipinski definition) is 4. The van der Waals surface area contributed by atoms with Crippen LogP contribution in [-0.4, -0.2) is 18.4 Å². The minimum atomic E-state index is -3.98. The van der Waals surface area contributed by atoms with E-state index in [9.17, 15) is 12.8 Å². The zero-order valence-electron chi connectivity index (χ0n) is 10.1. The molecule has 0 aliphatic heterocycles. The van der Waals surface area contributed by atoms with Crippen molar-refractivity contribution in [3.05, 3.63) is 41.7 Å². The van der Waals surface area contributed by atoms with Gasteiger partial charge in [-0.2, -0.15) is 0 Å². The molecule has 0 saturated carbocycles. The van der Waals surface area contributed by atoms with Crippen LogP contribution < -0.4 is 10.5 Å². The van der Waals surface area contributed by atoms with Crippen LogP contribution in [0.2, 0.25) is 0 Å². The summed E-state index contributed by atoms with van der Waals surface area (Å²) in [5.74, 6) is -0.370. The van der Waals surface area contributed by atoms with Crippen LogP contribution in [0, 0.1) is 12.7 Å². The highest BCUT2D eigenvalue weighted by Gasteiger charge is 2.21. The molecule has 1 aromatic heterocycles. The molecule has 0 atom stereocenters. The quantitative estimate of drug-likeness (QED) is 0.727. The Bertz CT molecular complexity index is 683. The fourth-order valence-corrected chi connectivity index (χ4v) is 2.77. The van der Waals surface area contributed by atoms with Gasteiger partial charge in [-0.05, 0) is 24.6 Å². The number of halogens is 1. The summed E-state index contributed by atoms with van der Waals surface area (Å²) in [5, 5.41) is 0. The summed E-state index contributed by atoms with van der Waals surface area (Å²) in [6, 6.07) is 2.47. The lowest BCUT2D eigenvalue weighted by Gasteiger charge is -2.09. The van der Waals surface area contributed by atoms with Crippen molar-refractivity contribution >= 4 is 15.7 Å². The largest absolute Gasteiger partial charge is 0.399 e. The number of imidazole rings is 1. The molecular weight excluding hydrogens is 271 g/mol. The molecule has 2 rings (SSSR count). The Morgan fingerprint density at radius 3 is 2.84 bits per heavy atom.